The van der Waals surface area contributed by atoms with Gasteiger partial charge in [-0.1, -0.05) is 15.9 Å². The highest BCUT2D eigenvalue weighted by Crippen LogP contribution is 2.46. The van der Waals surface area contributed by atoms with Gasteiger partial charge >= 0.3 is 6.09 Å². The highest BCUT2D eigenvalue weighted by atomic mass is 79.9. The van der Waals surface area contributed by atoms with Crippen molar-refractivity contribution in [3.05, 3.63) is 16.4 Å². The fourth-order valence-electron chi connectivity index (χ4n) is 3.48. The molecule has 0 saturated carbocycles. The zero-order chi connectivity index (χ0) is 20.0. The van der Waals surface area contributed by atoms with Crippen LogP contribution in [0.5, 0.6) is 0 Å². The number of carbonyl (C=O) groups is 2. The second-order valence-corrected chi connectivity index (χ2v) is 9.99. The van der Waals surface area contributed by atoms with Gasteiger partial charge in [-0.05, 0) is 56.5 Å². The molecule has 7 nitrogen and oxygen atoms in total. The predicted octanol–water partition coefficient (Wildman–Crippen LogP) is 3.67. The van der Waals surface area contributed by atoms with Gasteiger partial charge < -0.3 is 9.64 Å². The molecule has 0 aromatic carbocycles. The van der Waals surface area contributed by atoms with Crippen LogP contribution in [0.1, 0.15) is 39.3 Å². The molecule has 2 fully saturated rings. The van der Waals surface area contributed by atoms with E-state index in [-0.39, 0.29) is 22.2 Å². The minimum Gasteiger partial charge on any atom is -0.444 e. The Kier molecular flexibility index (Phi) is 5.55. The summed E-state index contributed by atoms with van der Waals surface area (Å²) in [6, 6.07) is 0. The molecule has 0 bridgehead atoms. The lowest BCUT2D eigenvalue weighted by atomic mass is 9.77. The highest BCUT2D eigenvalue weighted by molar-refractivity contribution is 9.10. The van der Waals surface area contributed by atoms with Crippen molar-refractivity contribution in [2.24, 2.45) is 5.41 Å². The van der Waals surface area contributed by atoms with E-state index in [9.17, 15) is 9.59 Å². The SMILES string of the molecule is Cc1nc(N2CC3(CCN(C(=O)OC(C)(C)C)CC3)C(Br)C2=O)ncc1Br. The van der Waals surface area contributed by atoms with Crippen LogP contribution in [0.15, 0.2) is 10.7 Å². The summed E-state index contributed by atoms with van der Waals surface area (Å²) in [5.74, 6) is 0.402. The van der Waals surface area contributed by atoms with Crippen molar-refractivity contribution in [2.45, 2.75) is 51.0 Å². The van der Waals surface area contributed by atoms with Gasteiger partial charge in [0.05, 0.1) is 10.2 Å². The highest BCUT2D eigenvalue weighted by Gasteiger charge is 2.53. The molecule has 0 aliphatic carbocycles. The number of halogens is 2. The first-order valence-electron chi connectivity index (χ1n) is 8.95. The summed E-state index contributed by atoms with van der Waals surface area (Å²) in [5, 5.41) is 0. The van der Waals surface area contributed by atoms with Gasteiger partial charge in [0.2, 0.25) is 11.9 Å². The number of alkyl halides is 1. The number of hydrogen-bond acceptors (Lipinski definition) is 5. The summed E-state index contributed by atoms with van der Waals surface area (Å²) in [5.41, 5.74) is 0.0423. The van der Waals surface area contributed by atoms with Crippen LogP contribution in [0.25, 0.3) is 0 Å². The van der Waals surface area contributed by atoms with Crippen molar-refractivity contribution in [1.29, 1.82) is 0 Å². The minimum absolute atomic E-state index is 0.0255. The summed E-state index contributed by atoms with van der Waals surface area (Å²) in [7, 11) is 0. The number of anilines is 1. The number of piperidine rings is 1. The standard InChI is InChI=1S/C18H24Br2N4O3/c1-11-12(19)9-21-15(22-11)24-10-18(13(20)14(24)25)5-7-23(8-6-18)16(26)27-17(2,3)4/h9,13H,5-8,10H2,1-4H3. The van der Waals surface area contributed by atoms with Crippen LogP contribution in [0, 0.1) is 12.3 Å². The average Bonchev–Trinajstić information content (AvgIpc) is 2.82. The molecule has 1 atom stereocenters. The molecule has 1 aromatic heterocycles. The molecule has 0 N–H and O–H groups in total. The third-order valence-corrected chi connectivity index (χ3v) is 7.19. The maximum atomic E-state index is 12.9. The minimum atomic E-state index is -0.513. The second kappa shape index (κ2) is 7.31. The molecule has 1 spiro atoms. The Morgan fingerprint density at radius 2 is 1.96 bits per heavy atom. The molecule has 148 valence electrons. The van der Waals surface area contributed by atoms with E-state index < -0.39 is 5.60 Å². The monoisotopic (exact) mass is 502 g/mol. The molecule has 0 radical (unpaired) electrons. The Morgan fingerprint density at radius 1 is 1.33 bits per heavy atom. The van der Waals surface area contributed by atoms with Crippen molar-refractivity contribution in [3.8, 4) is 0 Å². The molecule has 1 aromatic rings. The van der Waals surface area contributed by atoms with Crippen LogP contribution in [0.3, 0.4) is 0 Å². The Balaban J connectivity index is 1.72. The first-order chi connectivity index (χ1) is 12.5. The number of ether oxygens (including phenoxy) is 1. The first-order valence-corrected chi connectivity index (χ1v) is 10.7. The molecular formula is C18H24Br2N4O3. The average molecular weight is 504 g/mol. The smallest absolute Gasteiger partial charge is 0.410 e. The predicted molar refractivity (Wildman–Crippen MR) is 109 cm³/mol. The lowest BCUT2D eigenvalue weighted by Gasteiger charge is -2.40. The van der Waals surface area contributed by atoms with Crippen LogP contribution < -0.4 is 4.90 Å². The van der Waals surface area contributed by atoms with Crippen molar-refractivity contribution < 1.29 is 14.3 Å². The maximum absolute atomic E-state index is 12.9. The topological polar surface area (TPSA) is 75.6 Å². The van der Waals surface area contributed by atoms with Gasteiger partial charge in [0.15, 0.2) is 0 Å². The number of hydrogen-bond donors (Lipinski definition) is 0. The van der Waals surface area contributed by atoms with Gasteiger partial charge in [-0.2, -0.15) is 0 Å². The summed E-state index contributed by atoms with van der Waals surface area (Å²) in [6.07, 6.45) is 2.82. The van der Waals surface area contributed by atoms with Gasteiger partial charge in [-0.25, -0.2) is 14.8 Å². The maximum Gasteiger partial charge on any atom is 0.410 e. The zero-order valence-electron chi connectivity index (χ0n) is 16.0. The van der Waals surface area contributed by atoms with Crippen molar-refractivity contribution in [3.63, 3.8) is 0 Å². The summed E-state index contributed by atoms with van der Waals surface area (Å²) in [6.45, 7) is 9.13. The molecule has 27 heavy (non-hydrogen) atoms. The van der Waals surface area contributed by atoms with E-state index in [0.29, 0.717) is 25.6 Å². The number of nitrogens with zero attached hydrogens (tertiary/aromatic N) is 4. The lowest BCUT2D eigenvalue weighted by Crippen LogP contribution is -2.48. The number of amides is 2. The van der Waals surface area contributed by atoms with Crippen molar-refractivity contribution >= 4 is 49.8 Å². The second-order valence-electron chi connectivity index (χ2n) is 8.22. The number of carbonyl (C=O) groups excluding carboxylic acids is 2. The molecule has 2 amide bonds. The molecule has 2 saturated heterocycles. The van der Waals surface area contributed by atoms with Gasteiger partial charge in [0.25, 0.3) is 0 Å². The van der Waals surface area contributed by atoms with Gasteiger partial charge in [-0.15, -0.1) is 0 Å². The van der Waals surface area contributed by atoms with Crippen LogP contribution in [-0.2, 0) is 9.53 Å². The van der Waals surface area contributed by atoms with Crippen LogP contribution in [0.4, 0.5) is 10.7 Å². The molecule has 3 rings (SSSR count). The van der Waals surface area contributed by atoms with Crippen molar-refractivity contribution in [2.75, 3.05) is 24.5 Å². The van der Waals surface area contributed by atoms with E-state index in [0.717, 1.165) is 23.0 Å². The lowest BCUT2D eigenvalue weighted by molar-refractivity contribution is -0.117. The fourth-order valence-corrected chi connectivity index (χ4v) is 4.52. The van der Waals surface area contributed by atoms with E-state index >= 15 is 0 Å². The van der Waals surface area contributed by atoms with Gasteiger partial charge in [0, 0.05) is 31.2 Å². The molecule has 1 unspecified atom stereocenters. The molecule has 3 heterocycles. The van der Waals surface area contributed by atoms with Crippen LogP contribution >= 0.6 is 31.9 Å². The Morgan fingerprint density at radius 3 is 2.52 bits per heavy atom. The van der Waals surface area contributed by atoms with Gasteiger partial charge in [-0.3, -0.25) is 9.69 Å². The summed E-state index contributed by atoms with van der Waals surface area (Å²) in [4.78, 5) is 37.0. The summed E-state index contributed by atoms with van der Waals surface area (Å²) < 4.78 is 6.28. The number of likely N-dealkylation sites (tertiary alicyclic amines) is 1. The number of aryl methyl sites for hydroxylation is 1. The van der Waals surface area contributed by atoms with Crippen molar-refractivity contribution in [1.82, 2.24) is 14.9 Å². The molecular weight excluding hydrogens is 480 g/mol. The number of rotatable bonds is 1. The van der Waals surface area contributed by atoms with Crippen LogP contribution in [0.2, 0.25) is 0 Å². The third-order valence-electron chi connectivity index (χ3n) is 5.05. The third kappa shape index (κ3) is 4.13. The molecule has 2 aliphatic rings. The van der Waals surface area contributed by atoms with Gasteiger partial charge in [0.1, 0.15) is 10.4 Å². The fraction of sp³-hybridized carbons (Fsp3) is 0.667. The zero-order valence-corrected chi connectivity index (χ0v) is 19.1. The Labute approximate surface area is 176 Å². The quantitative estimate of drug-likeness (QED) is 0.546. The van der Waals surface area contributed by atoms with E-state index in [4.69, 9.17) is 4.74 Å². The Hall–Kier alpha value is -1.22. The normalized spacial score (nSPS) is 22.4. The first kappa shape index (κ1) is 20.5. The molecule has 9 heteroatoms. The van der Waals surface area contributed by atoms with E-state index in [1.807, 2.05) is 27.7 Å². The Bertz CT molecular complexity index is 757. The van der Waals surface area contributed by atoms with E-state index in [1.54, 1.807) is 16.0 Å². The van der Waals surface area contributed by atoms with E-state index in [1.165, 1.54) is 0 Å². The molecule has 2 aliphatic heterocycles. The van der Waals surface area contributed by atoms with E-state index in [2.05, 4.69) is 41.8 Å². The largest absolute Gasteiger partial charge is 0.444 e. The summed E-state index contributed by atoms with van der Waals surface area (Å²) >= 11 is 7.00. The number of aromatic nitrogens is 2. The van der Waals surface area contributed by atoms with Crippen LogP contribution in [-0.4, -0.2) is 56.9 Å².